The first-order chi connectivity index (χ1) is 10.4. The minimum Gasteiger partial charge on any atom is -0.447 e. The van der Waals surface area contributed by atoms with E-state index in [1.165, 1.54) is 7.11 Å². The number of rotatable bonds is 8. The molecule has 0 aliphatic rings. The molecule has 6 nitrogen and oxygen atoms in total. The summed E-state index contributed by atoms with van der Waals surface area (Å²) in [5.74, 6) is -0.974. The summed E-state index contributed by atoms with van der Waals surface area (Å²) >= 11 is 12.5. The molecule has 1 atom stereocenters. The van der Waals surface area contributed by atoms with Crippen LogP contribution in [0.2, 0.25) is 9.36 Å². The molecule has 1 rings (SSSR count). The quantitative estimate of drug-likeness (QED) is 0.563. The topological polar surface area (TPSA) is 77.5 Å². The van der Waals surface area contributed by atoms with Gasteiger partial charge in [-0.1, -0.05) is 37.0 Å². The second-order valence-electron chi connectivity index (χ2n) is 4.93. The molecule has 0 saturated heterocycles. The van der Waals surface area contributed by atoms with Crippen molar-refractivity contribution in [3.05, 3.63) is 15.1 Å². The van der Waals surface area contributed by atoms with Gasteiger partial charge < -0.3 is 14.8 Å². The molecule has 0 saturated carbocycles. The van der Waals surface area contributed by atoms with Gasteiger partial charge in [-0.15, -0.1) is 0 Å². The van der Waals surface area contributed by atoms with Gasteiger partial charge in [0, 0.05) is 13.7 Å². The molecule has 9 heteroatoms. The molecule has 1 N–H and O–H groups in total. The first-order valence-electron chi connectivity index (χ1n) is 6.65. The average molecular weight is 369 g/mol. The summed E-state index contributed by atoms with van der Waals surface area (Å²) < 4.78 is 14.1. The number of hydrogen-bond acceptors (Lipinski definition) is 6. The average Bonchev–Trinajstić information content (AvgIpc) is 2.78. The Balaban J connectivity index is 2.73. The highest BCUT2D eigenvalue weighted by Crippen LogP contribution is 2.30. The lowest BCUT2D eigenvalue weighted by molar-refractivity contribution is -0.131. The van der Waals surface area contributed by atoms with E-state index in [9.17, 15) is 9.59 Å². The van der Waals surface area contributed by atoms with Crippen LogP contribution in [0, 0.1) is 5.92 Å². The normalized spacial score (nSPS) is 12.3. The molecule has 1 aromatic rings. The lowest BCUT2D eigenvalue weighted by Crippen LogP contribution is -2.40. The molecule has 0 spiro atoms. The fourth-order valence-corrected chi connectivity index (χ4v) is 2.58. The molecule has 0 aromatic carbocycles. The monoisotopic (exact) mass is 368 g/mol. The third kappa shape index (κ3) is 5.72. The first-order valence-corrected chi connectivity index (χ1v) is 8.18. The Bertz CT molecular complexity index is 522. The van der Waals surface area contributed by atoms with Crippen molar-refractivity contribution in [2.24, 2.45) is 5.92 Å². The van der Waals surface area contributed by atoms with E-state index in [-0.39, 0.29) is 26.9 Å². The van der Waals surface area contributed by atoms with Crippen LogP contribution in [0.15, 0.2) is 0 Å². The predicted octanol–water partition coefficient (Wildman–Crippen LogP) is 2.78. The molecule has 0 aliphatic heterocycles. The SMILES string of the molecule is COCCNC(=O)C(CC(C)C)OC(=O)c1nsc(Cl)c1Cl. The van der Waals surface area contributed by atoms with Gasteiger partial charge in [0.25, 0.3) is 5.91 Å². The first kappa shape index (κ1) is 19.2. The Morgan fingerprint density at radius 2 is 2.05 bits per heavy atom. The summed E-state index contributed by atoms with van der Waals surface area (Å²) in [6, 6.07) is 0. The number of amides is 1. The van der Waals surface area contributed by atoms with Gasteiger partial charge in [-0.2, -0.15) is 4.37 Å². The molecule has 1 aromatic heterocycles. The van der Waals surface area contributed by atoms with E-state index in [2.05, 4.69) is 9.69 Å². The molecule has 0 fully saturated rings. The van der Waals surface area contributed by atoms with Crippen LogP contribution in [0.5, 0.6) is 0 Å². The molecule has 124 valence electrons. The summed E-state index contributed by atoms with van der Waals surface area (Å²) in [4.78, 5) is 24.2. The maximum Gasteiger partial charge on any atom is 0.360 e. The Hall–Kier alpha value is -0.890. The number of methoxy groups -OCH3 is 1. The second kappa shape index (κ2) is 9.29. The van der Waals surface area contributed by atoms with Crippen LogP contribution in [0.25, 0.3) is 0 Å². The van der Waals surface area contributed by atoms with Crippen LogP contribution in [0.3, 0.4) is 0 Å². The van der Waals surface area contributed by atoms with Gasteiger partial charge >= 0.3 is 5.97 Å². The third-order valence-electron chi connectivity index (χ3n) is 2.62. The van der Waals surface area contributed by atoms with Crippen molar-refractivity contribution >= 4 is 46.6 Å². The molecule has 0 bridgehead atoms. The van der Waals surface area contributed by atoms with Gasteiger partial charge in [0.15, 0.2) is 11.8 Å². The highest BCUT2D eigenvalue weighted by Gasteiger charge is 2.27. The molecule has 0 radical (unpaired) electrons. The van der Waals surface area contributed by atoms with Crippen molar-refractivity contribution in [2.75, 3.05) is 20.3 Å². The van der Waals surface area contributed by atoms with Gasteiger partial charge in [-0.25, -0.2) is 4.79 Å². The third-order valence-corrected chi connectivity index (χ3v) is 4.23. The summed E-state index contributed by atoms with van der Waals surface area (Å²) in [7, 11) is 1.53. The number of nitrogens with one attached hydrogen (secondary N) is 1. The second-order valence-corrected chi connectivity index (χ2v) is 6.68. The standard InChI is InChI=1S/C13H18Cl2N2O4S/c1-7(2)6-8(12(18)16-4-5-20-3)21-13(19)10-9(14)11(15)22-17-10/h7-8H,4-6H2,1-3H3,(H,16,18). The zero-order valence-electron chi connectivity index (χ0n) is 12.5. The summed E-state index contributed by atoms with van der Waals surface area (Å²) in [6.07, 6.45) is -0.527. The maximum atomic E-state index is 12.1. The van der Waals surface area contributed by atoms with Gasteiger partial charge in [-0.3, -0.25) is 4.79 Å². The van der Waals surface area contributed by atoms with Crippen LogP contribution in [-0.2, 0) is 14.3 Å². The van der Waals surface area contributed by atoms with E-state index >= 15 is 0 Å². The Kier molecular flexibility index (Phi) is 8.09. The Morgan fingerprint density at radius 1 is 1.36 bits per heavy atom. The zero-order chi connectivity index (χ0) is 16.7. The van der Waals surface area contributed by atoms with Crippen molar-refractivity contribution in [3.63, 3.8) is 0 Å². The number of halogens is 2. The predicted molar refractivity (Wildman–Crippen MR) is 85.7 cm³/mol. The fourth-order valence-electron chi connectivity index (χ4n) is 1.60. The van der Waals surface area contributed by atoms with Crippen molar-refractivity contribution in [2.45, 2.75) is 26.4 Å². The molecule has 22 heavy (non-hydrogen) atoms. The van der Waals surface area contributed by atoms with E-state index in [4.69, 9.17) is 32.7 Å². The lowest BCUT2D eigenvalue weighted by atomic mass is 10.1. The zero-order valence-corrected chi connectivity index (χ0v) is 14.8. The number of nitrogens with zero attached hydrogens (tertiary/aromatic N) is 1. The van der Waals surface area contributed by atoms with Gasteiger partial charge in [0.1, 0.15) is 9.36 Å². The number of aromatic nitrogens is 1. The summed E-state index contributed by atoms with van der Waals surface area (Å²) in [5.41, 5.74) is -0.0740. The number of esters is 1. The number of carbonyl (C=O) groups is 2. The molecular formula is C13H18Cl2N2O4S. The Labute approximate surface area is 143 Å². The minimum absolute atomic E-state index is 0.0414. The van der Waals surface area contributed by atoms with Crippen LogP contribution in [-0.4, -0.2) is 42.6 Å². The number of carbonyl (C=O) groups excluding carboxylic acids is 2. The summed E-state index contributed by atoms with van der Waals surface area (Å²) in [6.45, 7) is 4.57. The van der Waals surface area contributed by atoms with Crippen molar-refractivity contribution in [3.8, 4) is 0 Å². The van der Waals surface area contributed by atoms with Crippen molar-refractivity contribution < 1.29 is 19.1 Å². The highest BCUT2D eigenvalue weighted by atomic mass is 35.5. The number of ether oxygens (including phenoxy) is 2. The van der Waals surface area contributed by atoms with Gasteiger partial charge in [0.2, 0.25) is 0 Å². The van der Waals surface area contributed by atoms with E-state index in [1.807, 2.05) is 13.8 Å². The van der Waals surface area contributed by atoms with Gasteiger partial charge in [0.05, 0.1) is 6.61 Å². The van der Waals surface area contributed by atoms with Crippen molar-refractivity contribution in [1.29, 1.82) is 0 Å². The largest absolute Gasteiger partial charge is 0.447 e. The Morgan fingerprint density at radius 3 is 2.55 bits per heavy atom. The van der Waals surface area contributed by atoms with E-state index in [0.717, 1.165) is 11.5 Å². The minimum atomic E-state index is -0.916. The summed E-state index contributed by atoms with van der Waals surface area (Å²) in [5, 5.41) is 2.69. The van der Waals surface area contributed by atoms with Crippen LogP contribution in [0.1, 0.15) is 30.8 Å². The highest BCUT2D eigenvalue weighted by molar-refractivity contribution is 7.11. The van der Waals surface area contributed by atoms with E-state index < -0.39 is 12.1 Å². The van der Waals surface area contributed by atoms with Gasteiger partial charge in [-0.05, 0) is 23.9 Å². The molecule has 0 aliphatic carbocycles. The number of hydrogen-bond donors (Lipinski definition) is 1. The van der Waals surface area contributed by atoms with E-state index in [1.54, 1.807) is 0 Å². The molecular weight excluding hydrogens is 351 g/mol. The van der Waals surface area contributed by atoms with Crippen LogP contribution in [0.4, 0.5) is 0 Å². The van der Waals surface area contributed by atoms with Crippen molar-refractivity contribution in [1.82, 2.24) is 9.69 Å². The van der Waals surface area contributed by atoms with E-state index in [0.29, 0.717) is 19.6 Å². The maximum absolute atomic E-state index is 12.1. The van der Waals surface area contributed by atoms with Crippen LogP contribution >= 0.6 is 34.7 Å². The fraction of sp³-hybridized carbons (Fsp3) is 0.615. The lowest BCUT2D eigenvalue weighted by Gasteiger charge is -2.18. The van der Waals surface area contributed by atoms with Crippen LogP contribution < -0.4 is 5.32 Å². The smallest absolute Gasteiger partial charge is 0.360 e. The molecule has 1 unspecified atom stereocenters. The molecule has 1 heterocycles. The molecule has 1 amide bonds.